The van der Waals surface area contributed by atoms with Crippen LogP contribution in [0.1, 0.15) is 37.9 Å². The zero-order valence-electron chi connectivity index (χ0n) is 14.2. The minimum atomic E-state index is 0.0116. The number of hydrogen-bond donors (Lipinski definition) is 1. The summed E-state index contributed by atoms with van der Waals surface area (Å²) >= 11 is 1.45. The summed E-state index contributed by atoms with van der Waals surface area (Å²) in [6.45, 7) is 6.45. The molecule has 0 unspecified atom stereocenters. The van der Waals surface area contributed by atoms with Crippen molar-refractivity contribution in [1.82, 2.24) is 14.9 Å². The lowest BCUT2D eigenvalue weighted by Crippen LogP contribution is -2.28. The molecule has 0 spiro atoms. The second-order valence-corrected chi connectivity index (χ2v) is 7.18. The lowest BCUT2D eigenvalue weighted by molar-refractivity contribution is -0.119. The van der Waals surface area contributed by atoms with Gasteiger partial charge < -0.3 is 9.88 Å². The number of hydrogen-bond acceptors (Lipinski definition) is 3. The van der Waals surface area contributed by atoms with E-state index >= 15 is 0 Å². The van der Waals surface area contributed by atoms with E-state index in [4.69, 9.17) is 0 Å². The van der Waals surface area contributed by atoms with Crippen LogP contribution in [0, 0.1) is 5.92 Å². The quantitative estimate of drug-likeness (QED) is 0.789. The number of carbonyl (C=O) groups is 1. The minimum absolute atomic E-state index is 0.0116. The summed E-state index contributed by atoms with van der Waals surface area (Å²) in [5.41, 5.74) is 2.47. The Bertz CT molecular complexity index is 634. The van der Waals surface area contributed by atoms with Crippen LogP contribution < -0.4 is 5.32 Å². The lowest BCUT2D eigenvalue weighted by atomic mass is 10.00. The van der Waals surface area contributed by atoms with E-state index in [0.29, 0.717) is 11.7 Å². The van der Waals surface area contributed by atoms with Gasteiger partial charge in [-0.25, -0.2) is 4.98 Å². The van der Waals surface area contributed by atoms with Crippen molar-refractivity contribution in [1.29, 1.82) is 0 Å². The fourth-order valence-corrected chi connectivity index (χ4v) is 3.14. The van der Waals surface area contributed by atoms with E-state index in [-0.39, 0.29) is 11.9 Å². The Hall–Kier alpha value is -1.75. The highest BCUT2D eigenvalue weighted by Crippen LogP contribution is 2.17. The van der Waals surface area contributed by atoms with Crippen LogP contribution in [0.25, 0.3) is 0 Å². The summed E-state index contributed by atoms with van der Waals surface area (Å²) in [6, 6.07) is 8.53. The van der Waals surface area contributed by atoms with Gasteiger partial charge in [-0.05, 0) is 30.4 Å². The highest BCUT2D eigenvalue weighted by molar-refractivity contribution is 7.99. The van der Waals surface area contributed by atoms with Gasteiger partial charge >= 0.3 is 0 Å². The van der Waals surface area contributed by atoms with Crippen LogP contribution in [0.5, 0.6) is 0 Å². The molecule has 0 aliphatic heterocycles. The monoisotopic (exact) mass is 331 g/mol. The van der Waals surface area contributed by atoms with Crippen molar-refractivity contribution < 1.29 is 4.79 Å². The van der Waals surface area contributed by atoms with Gasteiger partial charge in [0, 0.05) is 19.4 Å². The molecule has 0 aliphatic rings. The largest absolute Gasteiger partial charge is 0.349 e. The van der Waals surface area contributed by atoms with Gasteiger partial charge in [-0.3, -0.25) is 4.79 Å². The van der Waals surface area contributed by atoms with Crippen molar-refractivity contribution in [3.63, 3.8) is 0 Å². The van der Waals surface area contributed by atoms with Gasteiger partial charge in [-0.15, -0.1) is 0 Å². The smallest absolute Gasteiger partial charge is 0.230 e. The molecule has 0 radical (unpaired) electrons. The van der Waals surface area contributed by atoms with Crippen molar-refractivity contribution in [3.8, 4) is 0 Å². The minimum Gasteiger partial charge on any atom is -0.349 e. The third-order valence-electron chi connectivity index (χ3n) is 3.61. The van der Waals surface area contributed by atoms with E-state index < -0.39 is 0 Å². The molecule has 0 bridgehead atoms. The van der Waals surface area contributed by atoms with E-state index in [1.807, 2.05) is 24.7 Å². The van der Waals surface area contributed by atoms with Crippen molar-refractivity contribution in [2.24, 2.45) is 13.0 Å². The molecule has 4 nitrogen and oxygen atoms in total. The molecule has 1 atom stereocenters. The molecule has 1 aromatic carbocycles. The van der Waals surface area contributed by atoms with Gasteiger partial charge in [-0.1, -0.05) is 49.9 Å². The number of benzene rings is 1. The van der Waals surface area contributed by atoms with Gasteiger partial charge in [0.1, 0.15) is 0 Å². The van der Waals surface area contributed by atoms with Crippen molar-refractivity contribution in [2.75, 3.05) is 5.75 Å². The Morgan fingerprint density at radius 1 is 1.26 bits per heavy atom. The molecule has 2 aromatic rings. The lowest BCUT2D eigenvalue weighted by Gasteiger charge is -2.15. The third-order valence-corrected chi connectivity index (χ3v) is 4.67. The summed E-state index contributed by atoms with van der Waals surface area (Å²) in [5, 5.41) is 3.89. The van der Waals surface area contributed by atoms with Gasteiger partial charge in [0.2, 0.25) is 5.91 Å². The maximum Gasteiger partial charge on any atom is 0.230 e. The molecule has 0 aliphatic carbocycles. The standard InChI is InChI=1S/C18H25N3OS/c1-13(2)11-15-5-7-16(8-6-15)14(3)20-17(22)12-23-18-19-9-10-21(18)4/h5-10,13-14H,11-12H2,1-4H3,(H,20,22)/t14-/m0/s1. The maximum atomic E-state index is 12.1. The summed E-state index contributed by atoms with van der Waals surface area (Å²) < 4.78 is 1.91. The SMILES string of the molecule is CC(C)Cc1ccc([C@H](C)NC(=O)CSc2nccn2C)cc1. The van der Waals surface area contributed by atoms with Gasteiger partial charge in [0.25, 0.3) is 0 Å². The van der Waals surface area contributed by atoms with Crippen molar-refractivity contribution in [2.45, 2.75) is 38.4 Å². The van der Waals surface area contributed by atoms with E-state index in [9.17, 15) is 4.79 Å². The highest BCUT2D eigenvalue weighted by atomic mass is 32.2. The van der Waals surface area contributed by atoms with Crippen LogP contribution in [-0.4, -0.2) is 21.2 Å². The molecule has 1 amide bonds. The molecule has 1 N–H and O–H groups in total. The topological polar surface area (TPSA) is 46.9 Å². The molecule has 1 aromatic heterocycles. The van der Waals surface area contributed by atoms with Crippen LogP contribution >= 0.6 is 11.8 Å². The first kappa shape index (κ1) is 17.6. The molecular weight excluding hydrogens is 306 g/mol. The normalized spacial score (nSPS) is 12.4. The zero-order chi connectivity index (χ0) is 16.8. The van der Waals surface area contributed by atoms with Gasteiger partial charge in [0.15, 0.2) is 5.16 Å². The van der Waals surface area contributed by atoms with Crippen LogP contribution in [0.15, 0.2) is 41.8 Å². The molecule has 0 saturated heterocycles. The molecule has 124 valence electrons. The number of imidazole rings is 1. The number of amides is 1. The zero-order valence-corrected chi connectivity index (χ0v) is 15.1. The number of carbonyl (C=O) groups excluding carboxylic acids is 1. The molecule has 2 rings (SSSR count). The number of nitrogens with zero attached hydrogens (tertiary/aromatic N) is 2. The van der Waals surface area contributed by atoms with E-state index in [1.165, 1.54) is 17.3 Å². The predicted molar refractivity (Wildman–Crippen MR) is 95.5 cm³/mol. The third kappa shape index (κ3) is 5.43. The second-order valence-electron chi connectivity index (χ2n) is 6.24. The first-order valence-electron chi connectivity index (χ1n) is 7.94. The van der Waals surface area contributed by atoms with Gasteiger partial charge in [0.05, 0.1) is 11.8 Å². The summed E-state index contributed by atoms with van der Waals surface area (Å²) in [6.07, 6.45) is 4.70. The van der Waals surface area contributed by atoms with Crippen molar-refractivity contribution >= 4 is 17.7 Å². The Morgan fingerprint density at radius 2 is 1.96 bits per heavy atom. The summed E-state index contributed by atoms with van der Waals surface area (Å²) in [7, 11) is 1.93. The maximum absolute atomic E-state index is 12.1. The number of aryl methyl sites for hydroxylation is 1. The van der Waals surface area contributed by atoms with Crippen LogP contribution in [0.2, 0.25) is 0 Å². The number of rotatable bonds is 7. The fourth-order valence-electron chi connectivity index (χ4n) is 2.40. The van der Waals surface area contributed by atoms with E-state index in [1.54, 1.807) is 6.20 Å². The van der Waals surface area contributed by atoms with Crippen LogP contribution in [-0.2, 0) is 18.3 Å². The first-order chi connectivity index (χ1) is 11.0. The Labute approximate surface area is 142 Å². The fraction of sp³-hybridized carbons (Fsp3) is 0.444. The Morgan fingerprint density at radius 3 is 2.52 bits per heavy atom. The molecule has 0 fully saturated rings. The average Bonchev–Trinajstić information content (AvgIpc) is 2.90. The van der Waals surface area contributed by atoms with Crippen molar-refractivity contribution in [3.05, 3.63) is 47.8 Å². The first-order valence-corrected chi connectivity index (χ1v) is 8.92. The molecule has 23 heavy (non-hydrogen) atoms. The number of nitrogens with one attached hydrogen (secondary N) is 1. The highest BCUT2D eigenvalue weighted by Gasteiger charge is 2.11. The molecule has 0 saturated carbocycles. The van der Waals surface area contributed by atoms with Crippen LogP contribution in [0.4, 0.5) is 0 Å². The Kier molecular flexibility index (Phi) is 6.28. The molecule has 1 heterocycles. The van der Waals surface area contributed by atoms with E-state index in [2.05, 4.69) is 48.4 Å². The second kappa shape index (κ2) is 8.20. The number of thioether (sulfide) groups is 1. The van der Waals surface area contributed by atoms with Gasteiger partial charge in [-0.2, -0.15) is 0 Å². The predicted octanol–water partition coefficient (Wildman–Crippen LogP) is 3.59. The number of aromatic nitrogens is 2. The summed E-state index contributed by atoms with van der Waals surface area (Å²) in [4.78, 5) is 16.3. The van der Waals surface area contributed by atoms with E-state index in [0.717, 1.165) is 17.1 Å². The summed E-state index contributed by atoms with van der Waals surface area (Å²) in [5.74, 6) is 1.05. The molecule has 5 heteroatoms. The Balaban J connectivity index is 1.84. The average molecular weight is 331 g/mol. The molecular formula is C18H25N3OS. The van der Waals surface area contributed by atoms with Crippen LogP contribution in [0.3, 0.4) is 0 Å².